The largest absolute Gasteiger partial charge is 0.478 e. The highest BCUT2D eigenvalue weighted by atomic mass is 16.4. The van der Waals surface area contributed by atoms with Crippen molar-refractivity contribution in [3.63, 3.8) is 0 Å². The summed E-state index contributed by atoms with van der Waals surface area (Å²) < 4.78 is 0. The SMILES string of the molecule is CCN1CCC(O)C(Cc2ccccc2C(=O)O)C1. The van der Waals surface area contributed by atoms with Crippen molar-refractivity contribution in [2.45, 2.75) is 25.9 Å². The summed E-state index contributed by atoms with van der Waals surface area (Å²) >= 11 is 0. The molecule has 2 rings (SSSR count). The summed E-state index contributed by atoms with van der Waals surface area (Å²) in [4.78, 5) is 13.5. The van der Waals surface area contributed by atoms with Crippen LogP contribution in [-0.2, 0) is 6.42 Å². The van der Waals surface area contributed by atoms with Crippen molar-refractivity contribution in [2.24, 2.45) is 5.92 Å². The Bertz CT molecular complexity index is 447. The molecule has 1 aliphatic rings. The molecule has 0 spiro atoms. The van der Waals surface area contributed by atoms with E-state index in [0.717, 1.165) is 31.6 Å². The van der Waals surface area contributed by atoms with Gasteiger partial charge in [-0.3, -0.25) is 0 Å². The minimum atomic E-state index is -0.895. The molecule has 1 aromatic rings. The van der Waals surface area contributed by atoms with Gasteiger partial charge in [0.2, 0.25) is 0 Å². The van der Waals surface area contributed by atoms with Crippen molar-refractivity contribution in [3.05, 3.63) is 35.4 Å². The number of carboxylic acid groups (broad SMARTS) is 1. The van der Waals surface area contributed by atoms with Crippen LogP contribution in [0.1, 0.15) is 29.3 Å². The molecule has 4 heteroatoms. The van der Waals surface area contributed by atoms with E-state index in [-0.39, 0.29) is 12.0 Å². The number of piperidine rings is 1. The van der Waals surface area contributed by atoms with Crippen LogP contribution in [0, 0.1) is 5.92 Å². The summed E-state index contributed by atoms with van der Waals surface area (Å²) in [5.74, 6) is -0.776. The predicted octanol–water partition coefficient (Wildman–Crippen LogP) is 1.63. The molecule has 4 nitrogen and oxygen atoms in total. The van der Waals surface area contributed by atoms with E-state index in [1.165, 1.54) is 0 Å². The lowest BCUT2D eigenvalue weighted by atomic mass is 9.87. The van der Waals surface area contributed by atoms with Crippen LogP contribution in [0.4, 0.5) is 0 Å². The summed E-state index contributed by atoms with van der Waals surface area (Å²) in [6, 6.07) is 7.07. The van der Waals surface area contributed by atoms with Crippen LogP contribution in [0.3, 0.4) is 0 Å². The number of aliphatic hydroxyl groups is 1. The lowest BCUT2D eigenvalue weighted by Crippen LogP contribution is -2.43. The van der Waals surface area contributed by atoms with E-state index >= 15 is 0 Å². The summed E-state index contributed by atoms with van der Waals surface area (Å²) in [6.07, 6.45) is 1.07. The van der Waals surface area contributed by atoms with Crippen LogP contribution in [-0.4, -0.2) is 46.8 Å². The van der Waals surface area contributed by atoms with Crippen LogP contribution in [0.15, 0.2) is 24.3 Å². The van der Waals surface area contributed by atoms with Crippen molar-refractivity contribution in [2.75, 3.05) is 19.6 Å². The maximum absolute atomic E-state index is 11.2. The first kappa shape index (κ1) is 14.0. The van der Waals surface area contributed by atoms with Crippen LogP contribution < -0.4 is 0 Å². The van der Waals surface area contributed by atoms with Crippen LogP contribution >= 0.6 is 0 Å². The van der Waals surface area contributed by atoms with Crippen LogP contribution in [0.5, 0.6) is 0 Å². The van der Waals surface area contributed by atoms with Crippen LogP contribution in [0.25, 0.3) is 0 Å². The average Bonchev–Trinajstić information content (AvgIpc) is 2.41. The Morgan fingerprint density at radius 2 is 2.16 bits per heavy atom. The van der Waals surface area contributed by atoms with E-state index in [9.17, 15) is 15.0 Å². The van der Waals surface area contributed by atoms with E-state index in [1.807, 2.05) is 12.1 Å². The van der Waals surface area contributed by atoms with Gasteiger partial charge >= 0.3 is 5.97 Å². The zero-order chi connectivity index (χ0) is 13.8. The van der Waals surface area contributed by atoms with Crippen molar-refractivity contribution < 1.29 is 15.0 Å². The molecule has 2 N–H and O–H groups in total. The smallest absolute Gasteiger partial charge is 0.335 e. The van der Waals surface area contributed by atoms with Gasteiger partial charge in [0, 0.05) is 19.0 Å². The van der Waals surface area contributed by atoms with Gasteiger partial charge in [-0.05, 0) is 31.0 Å². The monoisotopic (exact) mass is 263 g/mol. The van der Waals surface area contributed by atoms with Gasteiger partial charge in [0.05, 0.1) is 11.7 Å². The molecule has 0 saturated carbocycles. The van der Waals surface area contributed by atoms with Crippen molar-refractivity contribution in [3.8, 4) is 0 Å². The number of carboxylic acids is 1. The second-order valence-corrected chi connectivity index (χ2v) is 5.18. The van der Waals surface area contributed by atoms with Crippen molar-refractivity contribution in [1.29, 1.82) is 0 Å². The van der Waals surface area contributed by atoms with E-state index in [2.05, 4.69) is 11.8 Å². The number of aromatic carboxylic acids is 1. The van der Waals surface area contributed by atoms with Gasteiger partial charge in [0.1, 0.15) is 0 Å². The third-order valence-electron chi connectivity index (χ3n) is 3.96. The number of aliphatic hydroxyl groups excluding tert-OH is 1. The summed E-state index contributed by atoms with van der Waals surface area (Å²) in [7, 11) is 0. The highest BCUT2D eigenvalue weighted by molar-refractivity contribution is 5.89. The Balaban J connectivity index is 2.13. The molecule has 19 heavy (non-hydrogen) atoms. The zero-order valence-electron chi connectivity index (χ0n) is 11.2. The number of nitrogens with zero attached hydrogens (tertiary/aromatic N) is 1. The standard InChI is InChI=1S/C15H21NO3/c1-2-16-8-7-14(17)12(10-16)9-11-5-3-4-6-13(11)15(18)19/h3-6,12,14,17H,2,7-10H2,1H3,(H,18,19). The number of hydrogen-bond acceptors (Lipinski definition) is 3. The average molecular weight is 263 g/mol. The molecule has 0 bridgehead atoms. The lowest BCUT2D eigenvalue weighted by Gasteiger charge is -2.35. The first-order valence-electron chi connectivity index (χ1n) is 6.83. The summed E-state index contributed by atoms with van der Waals surface area (Å²) in [5, 5.41) is 19.3. The fourth-order valence-corrected chi connectivity index (χ4v) is 2.77. The molecule has 0 amide bonds. The van der Waals surface area contributed by atoms with E-state index in [1.54, 1.807) is 12.1 Å². The molecule has 1 heterocycles. The number of hydrogen-bond donors (Lipinski definition) is 2. The Morgan fingerprint density at radius 1 is 1.42 bits per heavy atom. The topological polar surface area (TPSA) is 60.8 Å². The molecule has 2 unspecified atom stereocenters. The van der Waals surface area contributed by atoms with E-state index in [4.69, 9.17) is 0 Å². The van der Waals surface area contributed by atoms with Crippen molar-refractivity contribution >= 4 is 5.97 Å². The molecule has 1 aliphatic heterocycles. The number of benzene rings is 1. The molecule has 1 saturated heterocycles. The molecule has 2 atom stereocenters. The number of rotatable bonds is 4. The fourth-order valence-electron chi connectivity index (χ4n) is 2.77. The molecule has 1 aromatic carbocycles. The Morgan fingerprint density at radius 3 is 2.84 bits per heavy atom. The predicted molar refractivity (Wildman–Crippen MR) is 73.3 cm³/mol. The quantitative estimate of drug-likeness (QED) is 0.867. The van der Waals surface area contributed by atoms with Gasteiger partial charge in [-0.15, -0.1) is 0 Å². The van der Waals surface area contributed by atoms with Crippen molar-refractivity contribution in [1.82, 2.24) is 4.90 Å². The molecular formula is C15H21NO3. The van der Waals surface area contributed by atoms with Gasteiger partial charge < -0.3 is 15.1 Å². The lowest BCUT2D eigenvalue weighted by molar-refractivity contribution is 0.0287. The Hall–Kier alpha value is -1.39. The highest BCUT2D eigenvalue weighted by Gasteiger charge is 2.28. The first-order valence-corrected chi connectivity index (χ1v) is 6.83. The van der Waals surface area contributed by atoms with Gasteiger partial charge in [0.15, 0.2) is 0 Å². The maximum atomic E-state index is 11.2. The van der Waals surface area contributed by atoms with Gasteiger partial charge in [0.25, 0.3) is 0 Å². The first-order chi connectivity index (χ1) is 9.11. The minimum absolute atomic E-state index is 0.120. The van der Waals surface area contributed by atoms with E-state index in [0.29, 0.717) is 12.0 Å². The summed E-state index contributed by atoms with van der Waals surface area (Å²) in [5.41, 5.74) is 1.17. The third-order valence-corrected chi connectivity index (χ3v) is 3.96. The molecule has 0 aliphatic carbocycles. The van der Waals surface area contributed by atoms with Gasteiger partial charge in [-0.25, -0.2) is 4.79 Å². The molecule has 1 fully saturated rings. The summed E-state index contributed by atoms with van der Waals surface area (Å²) in [6.45, 7) is 4.85. The third kappa shape index (κ3) is 3.33. The van der Waals surface area contributed by atoms with Crippen LogP contribution in [0.2, 0.25) is 0 Å². The Labute approximate surface area is 113 Å². The Kier molecular flexibility index (Phi) is 4.56. The highest BCUT2D eigenvalue weighted by Crippen LogP contribution is 2.23. The molecule has 104 valence electrons. The normalized spacial score (nSPS) is 24.3. The second kappa shape index (κ2) is 6.17. The molecule has 0 radical (unpaired) electrons. The molecular weight excluding hydrogens is 242 g/mol. The number of likely N-dealkylation sites (tertiary alicyclic amines) is 1. The van der Waals surface area contributed by atoms with E-state index < -0.39 is 5.97 Å². The molecule has 0 aromatic heterocycles. The maximum Gasteiger partial charge on any atom is 0.335 e. The number of carbonyl (C=O) groups is 1. The van der Waals surface area contributed by atoms with Gasteiger partial charge in [-0.1, -0.05) is 25.1 Å². The fraction of sp³-hybridized carbons (Fsp3) is 0.533. The zero-order valence-corrected chi connectivity index (χ0v) is 11.2. The van der Waals surface area contributed by atoms with Gasteiger partial charge in [-0.2, -0.15) is 0 Å². The second-order valence-electron chi connectivity index (χ2n) is 5.18. The minimum Gasteiger partial charge on any atom is -0.478 e.